The first-order valence-corrected chi connectivity index (χ1v) is 7.21. The van der Waals surface area contributed by atoms with Gasteiger partial charge in [-0.3, -0.25) is 9.59 Å². The van der Waals surface area contributed by atoms with E-state index in [-0.39, 0.29) is 24.0 Å². The van der Waals surface area contributed by atoms with Gasteiger partial charge in [0.15, 0.2) is 0 Å². The second-order valence-corrected chi connectivity index (χ2v) is 5.36. The van der Waals surface area contributed by atoms with Crippen molar-refractivity contribution < 1.29 is 19.1 Å². The fraction of sp³-hybridized carbons (Fsp3) is 0.333. The summed E-state index contributed by atoms with van der Waals surface area (Å²) in [6, 6.07) is 11.8. The summed E-state index contributed by atoms with van der Waals surface area (Å²) in [6.07, 6.45) is -0.282. The van der Waals surface area contributed by atoms with Gasteiger partial charge in [-0.25, -0.2) is 0 Å². The van der Waals surface area contributed by atoms with Crippen LogP contribution in [0.3, 0.4) is 0 Å². The smallest absolute Gasteiger partial charge is 0.312 e. The molecule has 0 spiro atoms. The second kappa shape index (κ2) is 6.60. The number of rotatable bonds is 4. The number of hydrogen-bond donors (Lipinski definition) is 0. The van der Waals surface area contributed by atoms with Crippen LogP contribution >= 0.6 is 0 Å². The van der Waals surface area contributed by atoms with Crippen LogP contribution in [0, 0.1) is 0 Å². The molecule has 0 saturated heterocycles. The van der Waals surface area contributed by atoms with Gasteiger partial charge in [0.2, 0.25) is 0 Å². The van der Waals surface area contributed by atoms with Gasteiger partial charge in [-0.05, 0) is 41.8 Å². The SMILES string of the molecule is COC(=O)C(C)c1ccc2cc(C(C)OC(C)=O)ccc2c1. The molecule has 0 fully saturated rings. The summed E-state index contributed by atoms with van der Waals surface area (Å²) in [6.45, 7) is 5.07. The van der Waals surface area contributed by atoms with Crippen LogP contribution in [-0.4, -0.2) is 19.0 Å². The first-order chi connectivity index (χ1) is 10.4. The van der Waals surface area contributed by atoms with E-state index in [1.165, 1.54) is 14.0 Å². The summed E-state index contributed by atoms with van der Waals surface area (Å²) in [5.74, 6) is -0.844. The summed E-state index contributed by atoms with van der Waals surface area (Å²) < 4.78 is 9.97. The molecule has 2 unspecified atom stereocenters. The predicted molar refractivity (Wildman–Crippen MR) is 84.6 cm³/mol. The Morgan fingerprint density at radius 2 is 1.50 bits per heavy atom. The average molecular weight is 300 g/mol. The van der Waals surface area contributed by atoms with Gasteiger partial charge in [-0.15, -0.1) is 0 Å². The number of esters is 2. The Hall–Kier alpha value is -2.36. The highest BCUT2D eigenvalue weighted by molar-refractivity contribution is 5.86. The van der Waals surface area contributed by atoms with Crippen molar-refractivity contribution >= 4 is 22.7 Å². The highest BCUT2D eigenvalue weighted by atomic mass is 16.5. The molecular formula is C18H20O4. The lowest BCUT2D eigenvalue weighted by atomic mass is 9.96. The summed E-state index contributed by atoms with van der Waals surface area (Å²) in [7, 11) is 1.39. The molecule has 116 valence electrons. The highest BCUT2D eigenvalue weighted by Crippen LogP contribution is 2.26. The Labute approximate surface area is 130 Å². The largest absolute Gasteiger partial charge is 0.469 e. The summed E-state index contributed by atoms with van der Waals surface area (Å²) in [4.78, 5) is 22.7. The zero-order chi connectivity index (χ0) is 16.3. The van der Waals surface area contributed by atoms with Gasteiger partial charge in [-0.1, -0.05) is 30.3 Å². The van der Waals surface area contributed by atoms with Crippen molar-refractivity contribution in [2.24, 2.45) is 0 Å². The monoisotopic (exact) mass is 300 g/mol. The van der Waals surface area contributed by atoms with Crippen molar-refractivity contribution in [2.75, 3.05) is 7.11 Å². The molecule has 4 nitrogen and oxygen atoms in total. The highest BCUT2D eigenvalue weighted by Gasteiger charge is 2.16. The molecule has 2 aromatic rings. The lowest BCUT2D eigenvalue weighted by molar-refractivity contribution is -0.146. The minimum Gasteiger partial charge on any atom is -0.469 e. The van der Waals surface area contributed by atoms with Crippen LogP contribution in [0.15, 0.2) is 36.4 Å². The molecule has 2 atom stereocenters. The lowest BCUT2D eigenvalue weighted by Crippen LogP contribution is -2.10. The average Bonchev–Trinajstić information content (AvgIpc) is 2.51. The molecule has 22 heavy (non-hydrogen) atoms. The number of fused-ring (bicyclic) bond motifs is 1. The summed E-state index contributed by atoms with van der Waals surface area (Å²) in [5.41, 5.74) is 1.86. The normalized spacial score (nSPS) is 13.5. The van der Waals surface area contributed by atoms with Crippen LogP contribution in [0.4, 0.5) is 0 Å². The van der Waals surface area contributed by atoms with Crippen LogP contribution in [0.25, 0.3) is 10.8 Å². The standard InChI is InChI=1S/C18H20O4/c1-11(18(20)21-4)14-5-7-17-10-15(6-8-16(17)9-14)12(2)22-13(3)19/h5-12H,1-4H3. The van der Waals surface area contributed by atoms with E-state index >= 15 is 0 Å². The Balaban J connectivity index is 2.33. The quantitative estimate of drug-likeness (QED) is 0.807. The molecule has 0 aliphatic heterocycles. The third-order valence-electron chi connectivity index (χ3n) is 3.76. The molecule has 0 radical (unpaired) electrons. The number of hydrogen-bond acceptors (Lipinski definition) is 4. The first-order valence-electron chi connectivity index (χ1n) is 7.21. The topological polar surface area (TPSA) is 52.6 Å². The predicted octanol–water partition coefficient (Wildman–Crippen LogP) is 3.74. The van der Waals surface area contributed by atoms with Crippen LogP contribution in [0.2, 0.25) is 0 Å². The van der Waals surface area contributed by atoms with Gasteiger partial charge in [0, 0.05) is 6.92 Å². The van der Waals surface area contributed by atoms with Crippen LogP contribution in [-0.2, 0) is 19.1 Å². The molecule has 0 amide bonds. The van der Waals surface area contributed by atoms with Gasteiger partial charge in [0.05, 0.1) is 13.0 Å². The maximum absolute atomic E-state index is 11.6. The number of ether oxygens (including phenoxy) is 2. The van der Waals surface area contributed by atoms with E-state index in [1.807, 2.05) is 50.2 Å². The fourth-order valence-corrected chi connectivity index (χ4v) is 2.43. The molecule has 0 aliphatic carbocycles. The molecule has 2 aromatic carbocycles. The Morgan fingerprint density at radius 3 is 2.05 bits per heavy atom. The molecule has 0 N–H and O–H groups in total. The number of carbonyl (C=O) groups is 2. The number of carbonyl (C=O) groups excluding carboxylic acids is 2. The van der Waals surface area contributed by atoms with Crippen molar-refractivity contribution in [3.63, 3.8) is 0 Å². The number of benzene rings is 2. The lowest BCUT2D eigenvalue weighted by Gasteiger charge is -2.14. The maximum atomic E-state index is 11.6. The Kier molecular flexibility index (Phi) is 4.81. The summed E-state index contributed by atoms with van der Waals surface area (Å²) in [5, 5.41) is 2.07. The Morgan fingerprint density at radius 1 is 0.955 bits per heavy atom. The van der Waals surface area contributed by atoms with Gasteiger partial charge < -0.3 is 9.47 Å². The summed E-state index contributed by atoms with van der Waals surface area (Å²) >= 11 is 0. The van der Waals surface area contributed by atoms with E-state index in [4.69, 9.17) is 9.47 Å². The zero-order valence-electron chi connectivity index (χ0n) is 13.3. The first kappa shape index (κ1) is 16.0. The van der Waals surface area contributed by atoms with E-state index in [0.717, 1.165) is 21.9 Å². The van der Waals surface area contributed by atoms with Crippen molar-refractivity contribution in [3.8, 4) is 0 Å². The third-order valence-corrected chi connectivity index (χ3v) is 3.76. The maximum Gasteiger partial charge on any atom is 0.312 e. The fourth-order valence-electron chi connectivity index (χ4n) is 2.43. The van der Waals surface area contributed by atoms with E-state index in [9.17, 15) is 9.59 Å². The zero-order valence-corrected chi connectivity index (χ0v) is 13.3. The molecule has 0 saturated carbocycles. The van der Waals surface area contributed by atoms with Gasteiger partial charge in [0.25, 0.3) is 0 Å². The molecule has 0 aromatic heterocycles. The minimum atomic E-state index is -0.297. The minimum absolute atomic E-state index is 0.251. The number of methoxy groups -OCH3 is 1. The van der Waals surface area contributed by atoms with E-state index < -0.39 is 0 Å². The molecule has 2 rings (SSSR count). The molecule has 0 heterocycles. The molecule has 4 heteroatoms. The van der Waals surface area contributed by atoms with Gasteiger partial charge >= 0.3 is 11.9 Å². The van der Waals surface area contributed by atoms with E-state index in [0.29, 0.717) is 0 Å². The molecule has 0 bridgehead atoms. The Bertz CT molecular complexity index is 705. The van der Waals surface area contributed by atoms with E-state index in [1.54, 1.807) is 0 Å². The second-order valence-electron chi connectivity index (χ2n) is 5.36. The van der Waals surface area contributed by atoms with E-state index in [2.05, 4.69) is 0 Å². The van der Waals surface area contributed by atoms with Crippen LogP contribution < -0.4 is 0 Å². The van der Waals surface area contributed by atoms with Gasteiger partial charge in [-0.2, -0.15) is 0 Å². The van der Waals surface area contributed by atoms with Crippen LogP contribution in [0.5, 0.6) is 0 Å². The van der Waals surface area contributed by atoms with Crippen molar-refractivity contribution in [2.45, 2.75) is 32.8 Å². The van der Waals surface area contributed by atoms with Crippen molar-refractivity contribution in [1.29, 1.82) is 0 Å². The van der Waals surface area contributed by atoms with Crippen LogP contribution in [0.1, 0.15) is 43.9 Å². The van der Waals surface area contributed by atoms with Crippen molar-refractivity contribution in [1.82, 2.24) is 0 Å². The third kappa shape index (κ3) is 3.45. The molecular weight excluding hydrogens is 280 g/mol. The van der Waals surface area contributed by atoms with Crippen molar-refractivity contribution in [3.05, 3.63) is 47.5 Å². The molecule has 0 aliphatic rings. The van der Waals surface area contributed by atoms with Gasteiger partial charge in [0.1, 0.15) is 6.10 Å².